The molecular formula is C28H22FNO4S. The van der Waals surface area contributed by atoms with Gasteiger partial charge in [0.1, 0.15) is 17.3 Å². The third kappa shape index (κ3) is 5.88. The lowest BCUT2D eigenvalue weighted by molar-refractivity contribution is 0.0600. The van der Waals surface area contributed by atoms with Crippen molar-refractivity contribution in [3.63, 3.8) is 0 Å². The van der Waals surface area contributed by atoms with Gasteiger partial charge in [-0.05, 0) is 71.3 Å². The number of ether oxygens (including phenoxy) is 2. The minimum absolute atomic E-state index is 0.240. The number of hydrogen-bond acceptors (Lipinski definition) is 5. The van der Waals surface area contributed by atoms with Gasteiger partial charge in [-0.25, -0.2) is 9.18 Å². The number of rotatable bonds is 7. The first-order chi connectivity index (χ1) is 16.9. The van der Waals surface area contributed by atoms with Gasteiger partial charge in [0.2, 0.25) is 0 Å². The molecular weight excluding hydrogens is 465 g/mol. The van der Waals surface area contributed by atoms with Crippen molar-refractivity contribution in [2.75, 3.05) is 7.11 Å². The van der Waals surface area contributed by atoms with Crippen molar-refractivity contribution in [1.82, 2.24) is 5.32 Å². The SMILES string of the molecule is COC(=O)c1ccc(CNC(=O)c2cc(-c3ccccc3S)ccc2Oc2ccc(F)cc2)cc1. The quantitative estimate of drug-likeness (QED) is 0.238. The average Bonchev–Trinajstić information content (AvgIpc) is 2.89. The van der Waals surface area contributed by atoms with E-state index in [4.69, 9.17) is 9.47 Å². The lowest BCUT2D eigenvalue weighted by atomic mass is 10.0. The van der Waals surface area contributed by atoms with E-state index >= 15 is 0 Å². The Hall–Kier alpha value is -4.10. The normalized spacial score (nSPS) is 10.5. The molecule has 0 aliphatic carbocycles. The second-order valence-electron chi connectivity index (χ2n) is 7.66. The molecule has 7 heteroatoms. The minimum atomic E-state index is -0.426. The van der Waals surface area contributed by atoms with E-state index < -0.39 is 5.97 Å². The monoisotopic (exact) mass is 487 g/mol. The lowest BCUT2D eigenvalue weighted by Gasteiger charge is -2.14. The van der Waals surface area contributed by atoms with Gasteiger partial charge in [-0.3, -0.25) is 4.79 Å². The predicted octanol–water partition coefficient (Wildman–Crippen LogP) is 6.29. The molecule has 4 aromatic carbocycles. The van der Waals surface area contributed by atoms with E-state index in [0.717, 1.165) is 21.6 Å². The van der Waals surface area contributed by atoms with Crippen molar-refractivity contribution in [2.45, 2.75) is 11.4 Å². The molecule has 0 fully saturated rings. The zero-order chi connectivity index (χ0) is 24.8. The molecule has 0 aliphatic rings. The Morgan fingerprint density at radius 3 is 2.31 bits per heavy atom. The number of thiol groups is 1. The lowest BCUT2D eigenvalue weighted by Crippen LogP contribution is -2.23. The molecule has 0 radical (unpaired) electrons. The Morgan fingerprint density at radius 2 is 1.63 bits per heavy atom. The van der Waals surface area contributed by atoms with Gasteiger partial charge < -0.3 is 14.8 Å². The minimum Gasteiger partial charge on any atom is -0.465 e. The van der Waals surface area contributed by atoms with Crippen molar-refractivity contribution in [3.8, 4) is 22.6 Å². The fourth-order valence-electron chi connectivity index (χ4n) is 3.47. The highest BCUT2D eigenvalue weighted by Gasteiger charge is 2.16. The van der Waals surface area contributed by atoms with Crippen molar-refractivity contribution >= 4 is 24.5 Å². The van der Waals surface area contributed by atoms with Gasteiger partial charge in [-0.15, -0.1) is 12.6 Å². The second-order valence-corrected chi connectivity index (χ2v) is 8.14. The van der Waals surface area contributed by atoms with Crippen LogP contribution in [-0.2, 0) is 11.3 Å². The zero-order valence-corrected chi connectivity index (χ0v) is 19.7. The molecule has 0 atom stereocenters. The van der Waals surface area contributed by atoms with Crippen LogP contribution < -0.4 is 10.1 Å². The standard InChI is InChI=1S/C28H22FNO4S/c1-33-28(32)19-8-6-18(7-9-19)17-30-27(31)24-16-20(23-4-2-3-5-26(23)35)10-15-25(24)34-22-13-11-21(29)12-14-22/h2-16,35H,17H2,1H3,(H,30,31). The summed E-state index contributed by atoms with van der Waals surface area (Å²) in [6.07, 6.45) is 0. The van der Waals surface area contributed by atoms with Crippen LogP contribution in [0.2, 0.25) is 0 Å². The fourth-order valence-corrected chi connectivity index (χ4v) is 3.76. The molecule has 0 bridgehead atoms. The number of nitrogens with one attached hydrogen (secondary N) is 1. The molecule has 1 N–H and O–H groups in total. The van der Waals surface area contributed by atoms with Crippen molar-refractivity contribution < 1.29 is 23.5 Å². The summed E-state index contributed by atoms with van der Waals surface area (Å²) in [6, 6.07) is 25.2. The molecule has 35 heavy (non-hydrogen) atoms. The second kappa shape index (κ2) is 10.9. The summed E-state index contributed by atoms with van der Waals surface area (Å²) in [7, 11) is 1.32. The molecule has 0 aliphatic heterocycles. The first-order valence-corrected chi connectivity index (χ1v) is 11.2. The molecule has 176 valence electrons. The highest BCUT2D eigenvalue weighted by Crippen LogP contribution is 2.33. The van der Waals surface area contributed by atoms with E-state index in [2.05, 4.69) is 17.9 Å². The molecule has 4 aromatic rings. The Bertz CT molecular complexity index is 1350. The number of hydrogen-bond donors (Lipinski definition) is 2. The highest BCUT2D eigenvalue weighted by molar-refractivity contribution is 7.80. The van der Waals surface area contributed by atoms with Crippen LogP contribution >= 0.6 is 12.6 Å². The van der Waals surface area contributed by atoms with Gasteiger partial charge >= 0.3 is 5.97 Å². The molecule has 0 aromatic heterocycles. The summed E-state index contributed by atoms with van der Waals surface area (Å²) in [5.74, 6) is -0.423. The number of carbonyl (C=O) groups is 2. The number of carbonyl (C=O) groups excluding carboxylic acids is 2. The van der Waals surface area contributed by atoms with E-state index in [1.54, 1.807) is 36.4 Å². The molecule has 0 saturated heterocycles. The van der Waals surface area contributed by atoms with Crippen LogP contribution in [0.4, 0.5) is 4.39 Å². The van der Waals surface area contributed by atoms with Crippen LogP contribution in [0, 0.1) is 5.82 Å². The summed E-state index contributed by atoms with van der Waals surface area (Å²) < 4.78 is 23.9. The van der Waals surface area contributed by atoms with E-state index in [1.807, 2.05) is 30.3 Å². The van der Waals surface area contributed by atoms with Crippen LogP contribution in [0.3, 0.4) is 0 Å². The van der Waals surface area contributed by atoms with Crippen molar-refractivity contribution in [3.05, 3.63) is 114 Å². The topological polar surface area (TPSA) is 64.6 Å². The first kappa shape index (κ1) is 24.0. The number of benzene rings is 4. The Labute approximate surface area is 207 Å². The van der Waals surface area contributed by atoms with Crippen LogP contribution in [0.15, 0.2) is 95.9 Å². The Kier molecular flexibility index (Phi) is 7.48. The van der Waals surface area contributed by atoms with Crippen molar-refractivity contribution in [1.29, 1.82) is 0 Å². The summed E-state index contributed by atoms with van der Waals surface area (Å²) in [6.45, 7) is 0.240. The van der Waals surface area contributed by atoms with E-state index in [1.165, 1.54) is 31.4 Å². The molecule has 4 rings (SSSR count). The predicted molar refractivity (Wildman–Crippen MR) is 135 cm³/mol. The number of methoxy groups -OCH3 is 1. The van der Waals surface area contributed by atoms with Crippen LogP contribution in [-0.4, -0.2) is 19.0 Å². The summed E-state index contributed by atoms with van der Waals surface area (Å²) in [5, 5.41) is 2.89. The maximum absolute atomic E-state index is 13.3. The van der Waals surface area contributed by atoms with Gasteiger partial charge in [0.15, 0.2) is 0 Å². The van der Waals surface area contributed by atoms with Gasteiger partial charge in [-0.2, -0.15) is 0 Å². The molecule has 0 unspecified atom stereocenters. The van der Waals surface area contributed by atoms with Crippen LogP contribution in [0.1, 0.15) is 26.3 Å². The largest absolute Gasteiger partial charge is 0.465 e. The molecule has 1 amide bonds. The average molecular weight is 488 g/mol. The summed E-state index contributed by atoms with van der Waals surface area (Å²) in [5.41, 5.74) is 3.22. The molecule has 0 heterocycles. The van der Waals surface area contributed by atoms with Gasteiger partial charge in [0.05, 0.1) is 18.2 Å². The number of halogens is 1. The zero-order valence-electron chi connectivity index (χ0n) is 18.8. The third-order valence-electron chi connectivity index (χ3n) is 5.31. The Balaban J connectivity index is 1.61. The van der Waals surface area contributed by atoms with Gasteiger partial charge in [0.25, 0.3) is 5.91 Å². The maximum atomic E-state index is 13.3. The van der Waals surface area contributed by atoms with Crippen molar-refractivity contribution in [2.24, 2.45) is 0 Å². The van der Waals surface area contributed by atoms with Crippen LogP contribution in [0.25, 0.3) is 11.1 Å². The molecule has 0 saturated carbocycles. The maximum Gasteiger partial charge on any atom is 0.337 e. The first-order valence-electron chi connectivity index (χ1n) is 10.8. The molecule has 5 nitrogen and oxygen atoms in total. The third-order valence-corrected chi connectivity index (χ3v) is 5.70. The van der Waals surface area contributed by atoms with Gasteiger partial charge in [-0.1, -0.05) is 36.4 Å². The number of amides is 1. The van der Waals surface area contributed by atoms with Gasteiger partial charge in [0, 0.05) is 11.4 Å². The fraction of sp³-hybridized carbons (Fsp3) is 0.0714. The van der Waals surface area contributed by atoms with E-state index in [0.29, 0.717) is 22.6 Å². The Morgan fingerprint density at radius 1 is 0.914 bits per heavy atom. The smallest absolute Gasteiger partial charge is 0.337 e. The summed E-state index contributed by atoms with van der Waals surface area (Å²) in [4.78, 5) is 25.6. The highest BCUT2D eigenvalue weighted by atomic mass is 32.1. The van der Waals surface area contributed by atoms with Crippen LogP contribution in [0.5, 0.6) is 11.5 Å². The van der Waals surface area contributed by atoms with E-state index in [-0.39, 0.29) is 18.3 Å². The van der Waals surface area contributed by atoms with E-state index in [9.17, 15) is 14.0 Å². The number of esters is 1. The summed E-state index contributed by atoms with van der Waals surface area (Å²) >= 11 is 4.53. The molecule has 0 spiro atoms.